The maximum absolute atomic E-state index is 13.1. The number of fused-ring (bicyclic) bond motifs is 1. The highest BCUT2D eigenvalue weighted by Gasteiger charge is 2.35. The number of sulfonamides is 1. The summed E-state index contributed by atoms with van der Waals surface area (Å²) in [7, 11) is -3.44. The lowest BCUT2D eigenvalue weighted by Gasteiger charge is -2.33. The molecule has 0 saturated carbocycles. The Labute approximate surface area is 243 Å². The third-order valence-electron chi connectivity index (χ3n) is 9.43. The van der Waals surface area contributed by atoms with E-state index in [9.17, 15) is 18.0 Å². The van der Waals surface area contributed by atoms with Crippen molar-refractivity contribution in [1.82, 2.24) is 24.3 Å². The first-order valence-corrected chi connectivity index (χ1v) is 16.5. The van der Waals surface area contributed by atoms with Gasteiger partial charge in [0.2, 0.25) is 21.8 Å². The largest absolute Gasteiger partial charge is 0.301 e. The molecule has 10 heteroatoms. The van der Waals surface area contributed by atoms with Crippen LogP contribution in [0.4, 0.5) is 0 Å². The van der Waals surface area contributed by atoms with Gasteiger partial charge in [-0.3, -0.25) is 24.7 Å². The zero-order valence-corrected chi connectivity index (χ0v) is 24.7. The maximum Gasteiger partial charge on any atom is 0.243 e. The van der Waals surface area contributed by atoms with E-state index in [1.54, 1.807) is 16.4 Å². The van der Waals surface area contributed by atoms with Crippen molar-refractivity contribution >= 4 is 21.8 Å². The summed E-state index contributed by atoms with van der Waals surface area (Å²) in [5.41, 5.74) is 5.11. The van der Waals surface area contributed by atoms with Gasteiger partial charge in [0.05, 0.1) is 10.9 Å². The maximum atomic E-state index is 13.1. The molecule has 0 spiro atoms. The molecule has 3 fully saturated rings. The molecule has 2 amide bonds. The van der Waals surface area contributed by atoms with Crippen molar-refractivity contribution in [2.45, 2.75) is 69.1 Å². The molecule has 0 aromatic heterocycles. The van der Waals surface area contributed by atoms with Crippen molar-refractivity contribution in [2.75, 3.05) is 45.8 Å². The summed E-state index contributed by atoms with van der Waals surface area (Å²) in [4.78, 5) is 31.2. The Morgan fingerprint density at radius 2 is 1.54 bits per heavy atom. The van der Waals surface area contributed by atoms with Crippen molar-refractivity contribution in [3.63, 3.8) is 0 Å². The SMILES string of the molecule is CCN1CCN(S(=O)(=O)c2ccc(CN3CCC(c4ccc5c(c4)CN(C4CCC(=O)NC4=O)C5)CC3)cc2)CC1. The van der Waals surface area contributed by atoms with Gasteiger partial charge in [-0.2, -0.15) is 4.31 Å². The first-order valence-electron chi connectivity index (χ1n) is 15.0. The summed E-state index contributed by atoms with van der Waals surface area (Å²) in [6, 6.07) is 14.1. The predicted molar refractivity (Wildman–Crippen MR) is 156 cm³/mol. The molecule has 220 valence electrons. The lowest BCUT2D eigenvalue weighted by atomic mass is 9.88. The number of carbonyl (C=O) groups excluding carboxylic acids is 2. The number of piperidine rings is 2. The van der Waals surface area contributed by atoms with Gasteiger partial charge in [-0.15, -0.1) is 0 Å². The number of nitrogens with one attached hydrogen (secondary N) is 1. The van der Waals surface area contributed by atoms with Crippen LogP contribution < -0.4 is 5.32 Å². The monoisotopic (exact) mass is 579 g/mol. The second-order valence-electron chi connectivity index (χ2n) is 11.9. The molecule has 1 unspecified atom stereocenters. The van der Waals surface area contributed by atoms with Gasteiger partial charge in [0.15, 0.2) is 0 Å². The van der Waals surface area contributed by atoms with E-state index in [0.717, 1.165) is 70.8 Å². The second-order valence-corrected chi connectivity index (χ2v) is 13.9. The van der Waals surface area contributed by atoms with Crippen LogP contribution in [-0.2, 0) is 39.2 Å². The van der Waals surface area contributed by atoms with Gasteiger partial charge in [-0.05, 0) is 79.2 Å². The first kappa shape index (κ1) is 28.5. The van der Waals surface area contributed by atoms with Gasteiger partial charge < -0.3 is 4.90 Å². The number of likely N-dealkylation sites (tertiary alicyclic amines) is 1. The van der Waals surface area contributed by atoms with Crippen LogP contribution in [0.25, 0.3) is 0 Å². The van der Waals surface area contributed by atoms with E-state index in [1.165, 1.54) is 16.7 Å². The molecule has 2 aromatic rings. The van der Waals surface area contributed by atoms with Crippen LogP contribution in [0, 0.1) is 0 Å². The fourth-order valence-corrected chi connectivity index (χ4v) is 8.25. The lowest BCUT2D eigenvalue weighted by Crippen LogP contribution is -2.50. The lowest BCUT2D eigenvalue weighted by molar-refractivity contribution is -0.137. The van der Waals surface area contributed by atoms with Crippen LogP contribution in [0.1, 0.15) is 60.8 Å². The Bertz CT molecular complexity index is 1380. The number of amides is 2. The molecule has 1 N–H and O–H groups in total. The number of nitrogens with zero attached hydrogens (tertiary/aromatic N) is 4. The Kier molecular flexibility index (Phi) is 8.29. The zero-order valence-electron chi connectivity index (χ0n) is 23.9. The van der Waals surface area contributed by atoms with E-state index < -0.39 is 10.0 Å². The van der Waals surface area contributed by atoms with E-state index >= 15 is 0 Å². The van der Waals surface area contributed by atoms with E-state index in [-0.39, 0.29) is 17.9 Å². The highest BCUT2D eigenvalue weighted by atomic mass is 32.2. The minimum atomic E-state index is -3.44. The molecular formula is C31H41N5O4S. The molecule has 4 aliphatic heterocycles. The highest BCUT2D eigenvalue weighted by molar-refractivity contribution is 7.89. The van der Waals surface area contributed by atoms with Crippen LogP contribution in [0.3, 0.4) is 0 Å². The highest BCUT2D eigenvalue weighted by Crippen LogP contribution is 2.34. The Hall–Kier alpha value is -2.63. The summed E-state index contributed by atoms with van der Waals surface area (Å²) < 4.78 is 27.8. The van der Waals surface area contributed by atoms with Crippen molar-refractivity contribution in [3.05, 3.63) is 64.7 Å². The zero-order chi connectivity index (χ0) is 28.6. The van der Waals surface area contributed by atoms with E-state index in [0.29, 0.717) is 36.7 Å². The number of rotatable bonds is 7. The predicted octanol–water partition coefficient (Wildman–Crippen LogP) is 2.51. The topological polar surface area (TPSA) is 93.3 Å². The molecule has 0 aliphatic carbocycles. The van der Waals surface area contributed by atoms with Crippen LogP contribution in [0.5, 0.6) is 0 Å². The fraction of sp³-hybridized carbons (Fsp3) is 0.548. The molecule has 2 aromatic carbocycles. The summed E-state index contributed by atoms with van der Waals surface area (Å²) in [6.07, 6.45) is 3.18. The minimum absolute atomic E-state index is 0.164. The van der Waals surface area contributed by atoms with Gasteiger partial charge in [-0.25, -0.2) is 8.42 Å². The number of piperazine rings is 1. The van der Waals surface area contributed by atoms with Crippen molar-refractivity contribution in [2.24, 2.45) is 0 Å². The van der Waals surface area contributed by atoms with Crippen LogP contribution in [0.15, 0.2) is 47.4 Å². The smallest absolute Gasteiger partial charge is 0.243 e. The minimum Gasteiger partial charge on any atom is -0.301 e. The molecule has 4 heterocycles. The normalized spacial score (nSPS) is 24.0. The number of hydrogen-bond donors (Lipinski definition) is 1. The number of hydrogen-bond acceptors (Lipinski definition) is 7. The van der Waals surface area contributed by atoms with Crippen LogP contribution in [0.2, 0.25) is 0 Å². The Balaban J connectivity index is 1.01. The van der Waals surface area contributed by atoms with Gasteiger partial charge in [-0.1, -0.05) is 37.3 Å². The first-order chi connectivity index (χ1) is 19.8. The third-order valence-corrected chi connectivity index (χ3v) is 11.3. The quantitative estimate of drug-likeness (QED) is 0.504. The Morgan fingerprint density at radius 3 is 2.22 bits per heavy atom. The number of carbonyl (C=O) groups is 2. The number of benzene rings is 2. The standard InChI is InChI=1S/C31H41N5O4S/c1-2-33-15-17-36(18-16-33)41(39,40)28-7-3-23(4-8-28)20-34-13-11-24(12-14-34)25-5-6-26-21-35(22-27(26)19-25)29-9-10-30(37)32-31(29)38/h3-8,19,24,29H,2,9-18,20-22H2,1H3,(H,32,37,38). The van der Waals surface area contributed by atoms with Crippen LogP contribution >= 0.6 is 0 Å². The van der Waals surface area contributed by atoms with Crippen molar-refractivity contribution < 1.29 is 18.0 Å². The molecule has 41 heavy (non-hydrogen) atoms. The average Bonchev–Trinajstić information content (AvgIpc) is 3.41. The van der Waals surface area contributed by atoms with Crippen LogP contribution in [-0.4, -0.2) is 91.1 Å². The van der Waals surface area contributed by atoms with Gasteiger partial charge in [0.1, 0.15) is 0 Å². The summed E-state index contributed by atoms with van der Waals surface area (Å²) >= 11 is 0. The molecule has 9 nitrogen and oxygen atoms in total. The number of imide groups is 1. The van der Waals surface area contributed by atoms with E-state index in [1.807, 2.05) is 12.1 Å². The van der Waals surface area contributed by atoms with Crippen molar-refractivity contribution in [3.8, 4) is 0 Å². The van der Waals surface area contributed by atoms with Gasteiger partial charge in [0.25, 0.3) is 0 Å². The van der Waals surface area contributed by atoms with Crippen molar-refractivity contribution in [1.29, 1.82) is 0 Å². The fourth-order valence-electron chi connectivity index (χ4n) is 6.83. The van der Waals surface area contributed by atoms with E-state index in [2.05, 4.69) is 45.1 Å². The van der Waals surface area contributed by atoms with Gasteiger partial charge in [0, 0.05) is 52.2 Å². The second kappa shape index (κ2) is 11.9. The molecular weight excluding hydrogens is 538 g/mol. The Morgan fingerprint density at radius 1 is 0.829 bits per heavy atom. The summed E-state index contributed by atoms with van der Waals surface area (Å²) in [6.45, 7) is 10.1. The third kappa shape index (κ3) is 6.12. The summed E-state index contributed by atoms with van der Waals surface area (Å²) in [5, 5.41) is 2.49. The molecule has 0 bridgehead atoms. The average molecular weight is 580 g/mol. The molecule has 1 atom stereocenters. The molecule has 3 saturated heterocycles. The summed E-state index contributed by atoms with van der Waals surface area (Å²) in [5.74, 6) is 0.184. The van der Waals surface area contributed by atoms with Gasteiger partial charge >= 0.3 is 0 Å². The van der Waals surface area contributed by atoms with E-state index in [4.69, 9.17) is 0 Å². The molecule has 4 aliphatic rings. The molecule has 0 radical (unpaired) electrons. The molecule has 6 rings (SSSR count). The number of likely N-dealkylation sites (N-methyl/N-ethyl adjacent to an activating group) is 1.